The first-order chi connectivity index (χ1) is 11.4. The number of hydrogen-bond donors (Lipinski definition) is 1. The molecule has 0 bridgehead atoms. The fourth-order valence-corrected chi connectivity index (χ4v) is 2.26. The Bertz CT molecular complexity index is 941. The van der Waals surface area contributed by atoms with Gasteiger partial charge in [-0.3, -0.25) is 4.98 Å². The molecule has 3 rings (SSSR count). The zero-order valence-corrected chi connectivity index (χ0v) is 12.7. The van der Waals surface area contributed by atoms with Crippen LogP contribution in [0.3, 0.4) is 0 Å². The van der Waals surface area contributed by atoms with E-state index in [1.54, 1.807) is 12.1 Å². The van der Waals surface area contributed by atoms with Gasteiger partial charge < -0.3 is 5.11 Å². The number of hydrogen-bond acceptors (Lipinski definition) is 4. The van der Waals surface area contributed by atoms with Gasteiger partial charge in [-0.1, -0.05) is 11.6 Å². The molecule has 1 N–H and O–H groups in total. The molecule has 0 fully saturated rings. The van der Waals surface area contributed by atoms with Crippen LogP contribution < -0.4 is 0 Å². The standard InChI is InChI=1S/C16H9ClF3N3O/c17-11-4-3-9(16(18,19)20)8-13(11)23-22-12-5-6-14(24)15-10(12)2-1-7-21-15/h1-8,24H. The van der Waals surface area contributed by atoms with E-state index >= 15 is 0 Å². The molecule has 8 heteroatoms. The lowest BCUT2D eigenvalue weighted by molar-refractivity contribution is -0.137. The molecule has 2 aromatic carbocycles. The molecule has 122 valence electrons. The highest BCUT2D eigenvalue weighted by molar-refractivity contribution is 6.33. The van der Waals surface area contributed by atoms with Crippen LogP contribution in [-0.2, 0) is 6.18 Å². The Morgan fingerprint density at radius 3 is 2.50 bits per heavy atom. The maximum Gasteiger partial charge on any atom is 0.416 e. The smallest absolute Gasteiger partial charge is 0.416 e. The number of aromatic nitrogens is 1. The molecule has 1 heterocycles. The van der Waals surface area contributed by atoms with E-state index in [0.717, 1.165) is 18.2 Å². The molecule has 0 saturated heterocycles. The summed E-state index contributed by atoms with van der Waals surface area (Å²) < 4.78 is 38.3. The number of nitrogens with zero attached hydrogens (tertiary/aromatic N) is 3. The van der Waals surface area contributed by atoms with Gasteiger partial charge in [0.15, 0.2) is 0 Å². The molecule has 3 aromatic rings. The first kappa shape index (κ1) is 16.2. The van der Waals surface area contributed by atoms with E-state index in [-0.39, 0.29) is 16.5 Å². The molecule has 1 aromatic heterocycles. The highest BCUT2D eigenvalue weighted by Crippen LogP contribution is 2.37. The summed E-state index contributed by atoms with van der Waals surface area (Å²) in [5.74, 6) is -0.0262. The lowest BCUT2D eigenvalue weighted by Crippen LogP contribution is -2.03. The second-order valence-electron chi connectivity index (χ2n) is 4.87. The summed E-state index contributed by atoms with van der Waals surface area (Å²) in [6.07, 6.45) is -2.99. The van der Waals surface area contributed by atoms with E-state index < -0.39 is 11.7 Å². The predicted molar refractivity (Wildman–Crippen MR) is 84.0 cm³/mol. The molecular formula is C16H9ClF3N3O. The third kappa shape index (κ3) is 3.16. The van der Waals surface area contributed by atoms with Gasteiger partial charge in [-0.25, -0.2) is 0 Å². The molecule has 0 aliphatic carbocycles. The number of rotatable bonds is 2. The van der Waals surface area contributed by atoms with Gasteiger partial charge in [0.25, 0.3) is 0 Å². The maximum atomic E-state index is 12.8. The minimum Gasteiger partial charge on any atom is -0.506 e. The van der Waals surface area contributed by atoms with Crippen LogP contribution in [0.15, 0.2) is 58.9 Å². The van der Waals surface area contributed by atoms with Crippen LogP contribution >= 0.6 is 11.6 Å². The Kier molecular flexibility index (Phi) is 4.11. The first-order valence-electron chi connectivity index (χ1n) is 6.71. The quantitative estimate of drug-likeness (QED) is 0.573. The Morgan fingerprint density at radius 2 is 1.75 bits per heavy atom. The van der Waals surface area contributed by atoms with Crippen LogP contribution in [0.2, 0.25) is 5.02 Å². The van der Waals surface area contributed by atoms with Crippen molar-refractivity contribution in [2.45, 2.75) is 6.18 Å². The van der Waals surface area contributed by atoms with Crippen molar-refractivity contribution in [1.29, 1.82) is 0 Å². The second kappa shape index (κ2) is 6.09. The fourth-order valence-electron chi connectivity index (χ4n) is 2.10. The molecule has 0 aliphatic rings. The van der Waals surface area contributed by atoms with E-state index in [4.69, 9.17) is 11.6 Å². The molecule has 0 aliphatic heterocycles. The third-order valence-electron chi connectivity index (χ3n) is 3.26. The Balaban J connectivity index is 2.05. The van der Waals surface area contributed by atoms with Gasteiger partial charge in [0.2, 0.25) is 0 Å². The van der Waals surface area contributed by atoms with Crippen LogP contribution in [0.4, 0.5) is 24.5 Å². The molecule has 0 amide bonds. The second-order valence-corrected chi connectivity index (χ2v) is 5.27. The maximum absolute atomic E-state index is 12.8. The third-order valence-corrected chi connectivity index (χ3v) is 3.58. The number of benzene rings is 2. The Hall–Kier alpha value is -2.67. The Morgan fingerprint density at radius 1 is 1.00 bits per heavy atom. The Labute approximate surface area is 139 Å². The van der Waals surface area contributed by atoms with Gasteiger partial charge in [-0.15, -0.1) is 10.2 Å². The molecule has 24 heavy (non-hydrogen) atoms. The minimum atomic E-state index is -4.50. The van der Waals surface area contributed by atoms with E-state index in [9.17, 15) is 18.3 Å². The summed E-state index contributed by atoms with van der Waals surface area (Å²) in [7, 11) is 0. The average Bonchev–Trinajstić information content (AvgIpc) is 2.55. The van der Waals surface area contributed by atoms with Crippen molar-refractivity contribution in [2.75, 3.05) is 0 Å². The van der Waals surface area contributed by atoms with Crippen molar-refractivity contribution >= 4 is 33.9 Å². The highest BCUT2D eigenvalue weighted by atomic mass is 35.5. The van der Waals surface area contributed by atoms with Gasteiger partial charge in [0.1, 0.15) is 17.0 Å². The van der Waals surface area contributed by atoms with Gasteiger partial charge in [0, 0.05) is 11.6 Å². The van der Waals surface area contributed by atoms with Crippen LogP contribution in [0.25, 0.3) is 10.9 Å². The largest absolute Gasteiger partial charge is 0.506 e. The number of aromatic hydroxyl groups is 1. The van der Waals surface area contributed by atoms with Gasteiger partial charge in [-0.05, 0) is 42.5 Å². The number of fused-ring (bicyclic) bond motifs is 1. The first-order valence-corrected chi connectivity index (χ1v) is 7.09. The molecule has 4 nitrogen and oxygen atoms in total. The highest BCUT2D eigenvalue weighted by Gasteiger charge is 2.31. The van der Waals surface area contributed by atoms with Crippen LogP contribution in [-0.4, -0.2) is 10.1 Å². The number of pyridine rings is 1. The van der Waals surface area contributed by atoms with Crippen molar-refractivity contribution in [3.63, 3.8) is 0 Å². The molecular weight excluding hydrogens is 343 g/mol. The van der Waals surface area contributed by atoms with Gasteiger partial charge in [-0.2, -0.15) is 13.2 Å². The summed E-state index contributed by atoms with van der Waals surface area (Å²) in [4.78, 5) is 4.03. The van der Waals surface area contributed by atoms with Crippen molar-refractivity contribution in [3.05, 3.63) is 59.2 Å². The van der Waals surface area contributed by atoms with Crippen LogP contribution in [0, 0.1) is 0 Å². The average molecular weight is 352 g/mol. The number of azo groups is 1. The van der Waals surface area contributed by atoms with E-state index in [0.29, 0.717) is 16.6 Å². The summed E-state index contributed by atoms with van der Waals surface area (Å²) >= 11 is 5.88. The van der Waals surface area contributed by atoms with Gasteiger partial charge in [0.05, 0.1) is 16.3 Å². The summed E-state index contributed by atoms with van der Waals surface area (Å²) in [5.41, 5.74) is -0.289. The van der Waals surface area contributed by atoms with E-state index in [1.165, 1.54) is 18.3 Å². The number of phenolic OH excluding ortho intramolecular Hbond substituents is 1. The molecule has 0 unspecified atom stereocenters. The molecule has 0 atom stereocenters. The number of halogens is 4. The normalized spacial score (nSPS) is 12.2. The van der Waals surface area contributed by atoms with Crippen molar-refractivity contribution in [1.82, 2.24) is 4.98 Å². The topological polar surface area (TPSA) is 57.8 Å². The summed E-state index contributed by atoms with van der Waals surface area (Å²) in [6, 6.07) is 9.02. The van der Waals surface area contributed by atoms with E-state index in [2.05, 4.69) is 15.2 Å². The van der Waals surface area contributed by atoms with Crippen molar-refractivity contribution < 1.29 is 18.3 Å². The molecule has 0 saturated carbocycles. The number of phenols is 1. The fraction of sp³-hybridized carbons (Fsp3) is 0.0625. The summed E-state index contributed by atoms with van der Waals surface area (Å²) in [6.45, 7) is 0. The van der Waals surface area contributed by atoms with E-state index in [1.807, 2.05) is 0 Å². The zero-order chi connectivity index (χ0) is 17.3. The van der Waals surface area contributed by atoms with Gasteiger partial charge >= 0.3 is 6.18 Å². The zero-order valence-electron chi connectivity index (χ0n) is 11.9. The van der Waals surface area contributed by atoms with Crippen LogP contribution in [0.5, 0.6) is 5.75 Å². The lowest BCUT2D eigenvalue weighted by Gasteiger charge is -2.07. The predicted octanol–water partition coefficient (Wildman–Crippen LogP) is 6.03. The summed E-state index contributed by atoms with van der Waals surface area (Å²) in [5, 5.41) is 18.1. The van der Waals surface area contributed by atoms with Crippen molar-refractivity contribution in [3.8, 4) is 5.75 Å². The molecule has 0 spiro atoms. The molecule has 0 radical (unpaired) electrons. The number of alkyl halides is 3. The van der Waals surface area contributed by atoms with Crippen molar-refractivity contribution in [2.24, 2.45) is 10.2 Å². The monoisotopic (exact) mass is 351 g/mol. The van der Waals surface area contributed by atoms with Crippen LogP contribution in [0.1, 0.15) is 5.56 Å². The SMILES string of the molecule is Oc1ccc(N=Nc2cc(C(F)(F)F)ccc2Cl)c2cccnc12. The lowest BCUT2D eigenvalue weighted by atomic mass is 10.1. The minimum absolute atomic E-state index is 0.0262.